The number of nitrogens with one attached hydrogen (secondary N) is 1. The molecule has 0 saturated carbocycles. The Morgan fingerprint density at radius 1 is 1.04 bits per heavy atom. The van der Waals surface area contributed by atoms with E-state index in [2.05, 4.69) is 5.32 Å². The van der Waals surface area contributed by atoms with Crippen LogP contribution in [0.5, 0.6) is 5.75 Å². The van der Waals surface area contributed by atoms with Crippen LogP contribution in [0, 0.1) is 6.92 Å². The van der Waals surface area contributed by atoms with Crippen LogP contribution in [0.15, 0.2) is 77.0 Å². The van der Waals surface area contributed by atoms with Crippen molar-refractivity contribution < 1.29 is 17.9 Å². The zero-order valence-electron chi connectivity index (χ0n) is 15.4. The van der Waals surface area contributed by atoms with Gasteiger partial charge in [0, 0.05) is 11.4 Å². The first kappa shape index (κ1) is 20.1. The van der Waals surface area contributed by atoms with Crippen molar-refractivity contribution >= 4 is 27.1 Å². The van der Waals surface area contributed by atoms with Gasteiger partial charge in [-0.15, -0.1) is 11.3 Å². The number of sulfone groups is 1. The minimum absolute atomic E-state index is 0.0201. The van der Waals surface area contributed by atoms with E-state index < -0.39 is 15.1 Å². The normalized spacial score (nSPS) is 12.3. The van der Waals surface area contributed by atoms with Crippen molar-refractivity contribution in [3.05, 3.63) is 82.6 Å². The molecule has 0 saturated heterocycles. The van der Waals surface area contributed by atoms with Gasteiger partial charge in [-0.3, -0.25) is 4.79 Å². The van der Waals surface area contributed by atoms with Crippen molar-refractivity contribution in [3.8, 4) is 5.75 Å². The zero-order valence-corrected chi connectivity index (χ0v) is 17.0. The number of carbonyl (C=O) groups excluding carboxylic acids is 1. The van der Waals surface area contributed by atoms with Gasteiger partial charge in [-0.1, -0.05) is 42.0 Å². The van der Waals surface area contributed by atoms with E-state index in [0.29, 0.717) is 10.6 Å². The lowest BCUT2D eigenvalue weighted by Gasteiger charge is -2.18. The predicted molar refractivity (Wildman–Crippen MR) is 110 cm³/mol. The lowest BCUT2D eigenvalue weighted by atomic mass is 10.2. The van der Waals surface area contributed by atoms with Gasteiger partial charge >= 0.3 is 0 Å². The summed E-state index contributed by atoms with van der Waals surface area (Å²) < 4.78 is 31.7. The lowest BCUT2D eigenvalue weighted by molar-refractivity contribution is -0.123. The van der Waals surface area contributed by atoms with E-state index in [1.807, 2.05) is 30.5 Å². The largest absolute Gasteiger partial charge is 0.484 e. The van der Waals surface area contributed by atoms with Crippen LogP contribution < -0.4 is 10.1 Å². The van der Waals surface area contributed by atoms with Gasteiger partial charge in [0.15, 0.2) is 16.4 Å². The van der Waals surface area contributed by atoms with Crippen LogP contribution in [0.4, 0.5) is 0 Å². The number of ether oxygens (including phenoxy) is 1. The lowest BCUT2D eigenvalue weighted by Crippen LogP contribution is -2.34. The first-order valence-electron chi connectivity index (χ1n) is 8.75. The number of amides is 1. The summed E-state index contributed by atoms with van der Waals surface area (Å²) in [6.45, 7) is 1.71. The van der Waals surface area contributed by atoms with E-state index in [0.717, 1.165) is 5.56 Å². The average Bonchev–Trinajstić information content (AvgIpc) is 3.22. The van der Waals surface area contributed by atoms with Gasteiger partial charge in [0.1, 0.15) is 11.0 Å². The van der Waals surface area contributed by atoms with Crippen molar-refractivity contribution in [2.24, 2.45) is 0 Å². The molecule has 1 aromatic heterocycles. The Labute approximate surface area is 168 Å². The highest BCUT2D eigenvalue weighted by Gasteiger charge is 2.30. The number of rotatable bonds is 8. The quantitative estimate of drug-likeness (QED) is 0.608. The van der Waals surface area contributed by atoms with Gasteiger partial charge in [0.2, 0.25) is 0 Å². The molecule has 0 radical (unpaired) electrons. The second-order valence-electron chi connectivity index (χ2n) is 6.27. The summed E-state index contributed by atoms with van der Waals surface area (Å²) in [5.41, 5.74) is 0.984. The van der Waals surface area contributed by atoms with E-state index in [4.69, 9.17) is 4.74 Å². The SMILES string of the molecule is Cc1ccc(S(=O)(=O)[C@H](CNC(=O)COc2ccccc2)c2cccs2)cc1. The second-order valence-corrected chi connectivity index (χ2v) is 9.38. The van der Waals surface area contributed by atoms with E-state index in [1.54, 1.807) is 48.5 Å². The van der Waals surface area contributed by atoms with Crippen molar-refractivity contribution in [1.82, 2.24) is 5.32 Å². The van der Waals surface area contributed by atoms with E-state index in [1.165, 1.54) is 11.3 Å². The Bertz CT molecular complexity index is 998. The molecule has 1 atom stereocenters. The Hall–Kier alpha value is -2.64. The number of benzene rings is 2. The molecule has 3 rings (SSSR count). The molecule has 0 bridgehead atoms. The third kappa shape index (κ3) is 4.99. The molecular formula is C21H21NO4S2. The maximum Gasteiger partial charge on any atom is 0.257 e. The van der Waals surface area contributed by atoms with E-state index >= 15 is 0 Å². The highest BCUT2D eigenvalue weighted by molar-refractivity contribution is 7.91. The smallest absolute Gasteiger partial charge is 0.257 e. The number of hydrogen-bond donors (Lipinski definition) is 1. The third-order valence-electron chi connectivity index (χ3n) is 4.18. The van der Waals surface area contributed by atoms with Crippen LogP contribution in [0.25, 0.3) is 0 Å². The van der Waals surface area contributed by atoms with Gasteiger partial charge in [-0.2, -0.15) is 0 Å². The molecule has 0 aliphatic heterocycles. The van der Waals surface area contributed by atoms with Crippen molar-refractivity contribution in [1.29, 1.82) is 0 Å². The maximum absolute atomic E-state index is 13.2. The molecular weight excluding hydrogens is 394 g/mol. The second kappa shape index (κ2) is 9.03. The molecule has 1 N–H and O–H groups in total. The number of para-hydroxylation sites is 1. The minimum atomic E-state index is -3.65. The molecule has 5 nitrogen and oxygen atoms in total. The highest BCUT2D eigenvalue weighted by Crippen LogP contribution is 2.31. The van der Waals surface area contributed by atoms with Crippen LogP contribution in [0.2, 0.25) is 0 Å². The fourth-order valence-corrected chi connectivity index (χ4v) is 5.44. The number of thiophene rings is 1. The van der Waals surface area contributed by atoms with Gasteiger partial charge in [-0.25, -0.2) is 8.42 Å². The molecule has 0 aliphatic carbocycles. The summed E-state index contributed by atoms with van der Waals surface area (Å²) >= 11 is 1.36. The molecule has 1 amide bonds. The van der Waals surface area contributed by atoms with Crippen molar-refractivity contribution in [2.45, 2.75) is 17.1 Å². The van der Waals surface area contributed by atoms with Gasteiger partial charge in [0.05, 0.1) is 4.90 Å². The maximum atomic E-state index is 13.2. The van der Waals surface area contributed by atoms with Crippen molar-refractivity contribution in [3.63, 3.8) is 0 Å². The van der Waals surface area contributed by atoms with Crippen LogP contribution in [0.3, 0.4) is 0 Å². The summed E-state index contributed by atoms with van der Waals surface area (Å²) in [6.07, 6.45) is 0. The zero-order chi connectivity index (χ0) is 20.0. The van der Waals surface area contributed by atoms with Crippen LogP contribution in [0.1, 0.15) is 15.7 Å². The number of aryl methyl sites for hydroxylation is 1. The fraction of sp³-hybridized carbons (Fsp3) is 0.190. The van der Waals surface area contributed by atoms with Crippen molar-refractivity contribution in [2.75, 3.05) is 13.2 Å². The molecule has 146 valence electrons. The molecule has 0 unspecified atom stereocenters. The van der Waals surface area contributed by atoms with Gasteiger partial charge in [0.25, 0.3) is 5.91 Å². The first-order chi connectivity index (χ1) is 13.5. The molecule has 1 heterocycles. The number of carbonyl (C=O) groups is 1. The summed E-state index contributed by atoms with van der Waals surface area (Å²) in [7, 11) is -3.65. The molecule has 0 aliphatic rings. The number of hydrogen-bond acceptors (Lipinski definition) is 5. The summed E-state index contributed by atoms with van der Waals surface area (Å²) in [5, 5.41) is 3.67. The molecule has 0 spiro atoms. The summed E-state index contributed by atoms with van der Waals surface area (Å²) in [4.78, 5) is 13.1. The summed E-state index contributed by atoms with van der Waals surface area (Å²) in [5.74, 6) is 0.212. The topological polar surface area (TPSA) is 72.5 Å². The summed E-state index contributed by atoms with van der Waals surface area (Å²) in [6, 6.07) is 19.3. The fourth-order valence-electron chi connectivity index (χ4n) is 2.65. The Balaban J connectivity index is 1.71. The van der Waals surface area contributed by atoms with Crippen LogP contribution in [-0.2, 0) is 14.6 Å². The Morgan fingerprint density at radius 3 is 2.39 bits per heavy atom. The van der Waals surface area contributed by atoms with E-state index in [-0.39, 0.29) is 24.0 Å². The van der Waals surface area contributed by atoms with Crippen LogP contribution >= 0.6 is 11.3 Å². The average molecular weight is 416 g/mol. The van der Waals surface area contributed by atoms with Crippen LogP contribution in [-0.4, -0.2) is 27.5 Å². The van der Waals surface area contributed by atoms with Gasteiger partial charge < -0.3 is 10.1 Å². The monoisotopic (exact) mass is 415 g/mol. The van der Waals surface area contributed by atoms with Gasteiger partial charge in [-0.05, 0) is 42.6 Å². The third-order valence-corrected chi connectivity index (χ3v) is 7.42. The van der Waals surface area contributed by atoms with E-state index in [9.17, 15) is 13.2 Å². The Morgan fingerprint density at radius 2 is 1.75 bits per heavy atom. The molecule has 0 fully saturated rings. The molecule has 3 aromatic rings. The molecule has 28 heavy (non-hydrogen) atoms. The Kier molecular flexibility index (Phi) is 6.49. The first-order valence-corrected chi connectivity index (χ1v) is 11.2. The molecule has 2 aromatic carbocycles. The standard InChI is InChI=1S/C21H21NO4S2/c1-16-9-11-18(12-10-16)28(24,25)20(19-8-5-13-27-19)14-22-21(23)15-26-17-6-3-2-4-7-17/h2-13,20H,14-15H2,1H3,(H,22,23)/t20-/m1/s1. The minimum Gasteiger partial charge on any atom is -0.484 e. The highest BCUT2D eigenvalue weighted by atomic mass is 32.2. The predicted octanol–water partition coefficient (Wildman–Crippen LogP) is 3.77. The molecule has 7 heteroatoms.